The van der Waals surface area contributed by atoms with Gasteiger partial charge < -0.3 is 4.90 Å². The van der Waals surface area contributed by atoms with E-state index in [0.29, 0.717) is 37.1 Å². The molecule has 2 atom stereocenters. The van der Waals surface area contributed by atoms with Gasteiger partial charge in [-0.25, -0.2) is 0 Å². The molecule has 5 nitrogen and oxygen atoms in total. The van der Waals surface area contributed by atoms with Crippen molar-refractivity contribution in [2.24, 2.45) is 5.92 Å². The van der Waals surface area contributed by atoms with Crippen LogP contribution in [0.4, 0.5) is 4.39 Å². The molecule has 4 rings (SSSR count). The number of benzene rings is 1. The van der Waals surface area contributed by atoms with Crippen molar-refractivity contribution in [1.29, 1.82) is 0 Å². The summed E-state index contributed by atoms with van der Waals surface area (Å²) in [4.78, 5) is 29.4. The summed E-state index contributed by atoms with van der Waals surface area (Å²) in [5.74, 6) is -0.756. The minimum Gasteiger partial charge on any atom is -0.343 e. The van der Waals surface area contributed by atoms with E-state index in [-0.39, 0.29) is 30.2 Å². The Morgan fingerprint density at radius 1 is 1.21 bits per heavy atom. The summed E-state index contributed by atoms with van der Waals surface area (Å²) in [7, 11) is 2.00. The second kappa shape index (κ2) is 7.41. The molecule has 1 aromatic carbocycles. The highest BCUT2D eigenvalue weighted by Gasteiger charge is 2.38. The maximum absolute atomic E-state index is 15.3. The molecule has 154 valence electrons. The molecule has 0 spiro atoms. The molecule has 29 heavy (non-hydrogen) atoms. The molecule has 0 saturated carbocycles. The minimum absolute atomic E-state index is 0.0101. The Kier molecular flexibility index (Phi) is 5.07. The molecule has 0 fully saturated rings. The van der Waals surface area contributed by atoms with Gasteiger partial charge in [-0.2, -0.15) is 4.39 Å². The highest BCUT2D eigenvalue weighted by atomic mass is 19.1. The number of halogens is 1. The number of hydrogen-bond donors (Lipinski definition) is 0. The Hall–Kier alpha value is -2.47. The Morgan fingerprint density at radius 2 is 1.93 bits per heavy atom. The van der Waals surface area contributed by atoms with E-state index in [1.54, 1.807) is 6.92 Å². The Balaban J connectivity index is 1.88. The van der Waals surface area contributed by atoms with E-state index in [4.69, 9.17) is 0 Å². The Bertz CT molecular complexity index is 1020. The van der Waals surface area contributed by atoms with E-state index in [1.165, 1.54) is 4.57 Å². The molecule has 1 aromatic heterocycles. The lowest BCUT2D eigenvalue weighted by Crippen LogP contribution is -2.47. The molecule has 2 aliphatic rings. The van der Waals surface area contributed by atoms with Crippen LogP contribution in [0.3, 0.4) is 0 Å². The lowest BCUT2D eigenvalue weighted by atomic mass is 9.79. The van der Waals surface area contributed by atoms with Gasteiger partial charge in [0.05, 0.1) is 11.4 Å². The van der Waals surface area contributed by atoms with Crippen LogP contribution in [-0.4, -0.2) is 58.9 Å². The molecule has 1 aliphatic carbocycles. The number of nitrogens with zero attached hydrogens (tertiary/aromatic N) is 3. The molecule has 0 unspecified atom stereocenters. The van der Waals surface area contributed by atoms with E-state index in [2.05, 4.69) is 11.0 Å². The first kappa shape index (κ1) is 19.8. The fraction of sp³-hybridized carbons (Fsp3) is 0.478. The van der Waals surface area contributed by atoms with Gasteiger partial charge in [-0.15, -0.1) is 0 Å². The van der Waals surface area contributed by atoms with E-state index < -0.39 is 5.95 Å². The zero-order valence-corrected chi connectivity index (χ0v) is 17.5. The predicted octanol–water partition coefficient (Wildman–Crippen LogP) is 3.57. The smallest absolute Gasteiger partial charge is 0.233 e. The first-order valence-corrected chi connectivity index (χ1v) is 10.5. The Labute approximate surface area is 170 Å². The highest BCUT2D eigenvalue weighted by Crippen LogP contribution is 2.43. The molecule has 1 amide bonds. The van der Waals surface area contributed by atoms with Crippen molar-refractivity contribution in [3.63, 3.8) is 0 Å². The maximum Gasteiger partial charge on any atom is 0.233 e. The van der Waals surface area contributed by atoms with Gasteiger partial charge in [-0.1, -0.05) is 25.1 Å². The van der Waals surface area contributed by atoms with Crippen molar-refractivity contribution >= 4 is 28.3 Å². The van der Waals surface area contributed by atoms with E-state index >= 15 is 4.39 Å². The van der Waals surface area contributed by atoms with Gasteiger partial charge in [-0.05, 0) is 44.5 Å². The number of carbonyl (C=O) groups is 2. The Morgan fingerprint density at radius 3 is 2.59 bits per heavy atom. The number of amides is 1. The average Bonchev–Trinajstić information content (AvgIpc) is 3.01. The van der Waals surface area contributed by atoms with Crippen LogP contribution in [0.1, 0.15) is 43.1 Å². The fourth-order valence-electron chi connectivity index (χ4n) is 4.92. The first-order chi connectivity index (χ1) is 13.9. The van der Waals surface area contributed by atoms with Crippen molar-refractivity contribution in [2.75, 3.05) is 26.7 Å². The van der Waals surface area contributed by atoms with Gasteiger partial charge in [0.25, 0.3) is 0 Å². The number of hydrogen-bond acceptors (Lipinski definition) is 3. The SMILES string of the molecule is CCC(=O)n1c(F)c2c3c(cccc31)C1=C[C@@H](C(=O)N(CC)CC)CN(C)[C@@H]1C2. The van der Waals surface area contributed by atoms with Crippen LogP contribution in [0, 0.1) is 11.9 Å². The third-order valence-electron chi connectivity index (χ3n) is 6.44. The van der Waals surface area contributed by atoms with Crippen LogP contribution in [0.15, 0.2) is 24.3 Å². The first-order valence-electron chi connectivity index (χ1n) is 10.5. The van der Waals surface area contributed by atoms with Gasteiger partial charge >= 0.3 is 0 Å². The predicted molar refractivity (Wildman–Crippen MR) is 112 cm³/mol. The summed E-state index contributed by atoms with van der Waals surface area (Å²) < 4.78 is 16.5. The topological polar surface area (TPSA) is 45.6 Å². The molecule has 1 aliphatic heterocycles. The van der Waals surface area contributed by atoms with Crippen LogP contribution in [0.2, 0.25) is 0 Å². The normalized spacial score (nSPS) is 21.1. The molecule has 0 N–H and O–H groups in total. The van der Waals surface area contributed by atoms with E-state index in [9.17, 15) is 9.59 Å². The number of aromatic nitrogens is 1. The fourth-order valence-corrected chi connectivity index (χ4v) is 4.92. The number of carbonyl (C=O) groups excluding carboxylic acids is 2. The average molecular weight is 397 g/mol. The summed E-state index contributed by atoms with van der Waals surface area (Å²) in [6.07, 6.45) is 2.84. The van der Waals surface area contributed by atoms with Crippen molar-refractivity contribution in [3.05, 3.63) is 41.3 Å². The molecule has 0 bridgehead atoms. The lowest BCUT2D eigenvalue weighted by Gasteiger charge is -2.40. The van der Waals surface area contributed by atoms with Crippen LogP contribution >= 0.6 is 0 Å². The molecule has 2 aromatic rings. The van der Waals surface area contributed by atoms with Crippen LogP contribution in [0.25, 0.3) is 16.5 Å². The second-order valence-corrected chi connectivity index (χ2v) is 7.95. The molecule has 2 heterocycles. The van der Waals surface area contributed by atoms with Crippen molar-refractivity contribution in [1.82, 2.24) is 14.4 Å². The molecular weight excluding hydrogens is 369 g/mol. The molecule has 0 saturated heterocycles. The highest BCUT2D eigenvalue weighted by molar-refractivity contribution is 6.03. The monoisotopic (exact) mass is 397 g/mol. The number of fused-ring (bicyclic) bond motifs is 2. The number of likely N-dealkylation sites (N-methyl/N-ethyl adjacent to an activating group) is 1. The van der Waals surface area contributed by atoms with Gasteiger partial charge in [0.2, 0.25) is 17.8 Å². The molecule has 0 radical (unpaired) electrons. The molecular formula is C23H28FN3O2. The lowest BCUT2D eigenvalue weighted by molar-refractivity contribution is -0.134. The number of rotatable bonds is 4. The molecule has 6 heteroatoms. The van der Waals surface area contributed by atoms with E-state index in [0.717, 1.165) is 16.5 Å². The third-order valence-corrected chi connectivity index (χ3v) is 6.44. The second-order valence-electron chi connectivity index (χ2n) is 7.95. The quantitative estimate of drug-likeness (QED) is 0.792. The summed E-state index contributed by atoms with van der Waals surface area (Å²) in [6.45, 7) is 7.73. The largest absolute Gasteiger partial charge is 0.343 e. The van der Waals surface area contributed by atoms with Crippen molar-refractivity contribution < 1.29 is 14.0 Å². The zero-order chi connectivity index (χ0) is 20.9. The van der Waals surface area contributed by atoms with Gasteiger partial charge in [-0.3, -0.25) is 19.1 Å². The van der Waals surface area contributed by atoms with E-state index in [1.807, 2.05) is 44.0 Å². The zero-order valence-electron chi connectivity index (χ0n) is 17.5. The van der Waals surface area contributed by atoms with Crippen LogP contribution < -0.4 is 0 Å². The van der Waals surface area contributed by atoms with Crippen LogP contribution in [0.5, 0.6) is 0 Å². The summed E-state index contributed by atoms with van der Waals surface area (Å²) in [6, 6.07) is 5.68. The van der Waals surface area contributed by atoms with Crippen molar-refractivity contribution in [3.8, 4) is 0 Å². The van der Waals surface area contributed by atoms with Crippen LogP contribution in [-0.2, 0) is 11.2 Å². The summed E-state index contributed by atoms with van der Waals surface area (Å²) >= 11 is 0. The van der Waals surface area contributed by atoms with Crippen molar-refractivity contribution in [2.45, 2.75) is 39.7 Å². The minimum atomic E-state index is -0.437. The summed E-state index contributed by atoms with van der Waals surface area (Å²) in [5, 5.41) is 0.818. The van der Waals surface area contributed by atoms with Gasteiger partial charge in [0.15, 0.2) is 0 Å². The maximum atomic E-state index is 15.3. The van der Waals surface area contributed by atoms with Gasteiger partial charge in [0, 0.05) is 43.0 Å². The third kappa shape index (κ3) is 2.92. The summed E-state index contributed by atoms with van der Waals surface area (Å²) in [5.41, 5.74) is 3.25. The standard InChI is InChI=1S/C23H28FN3O2/c1-5-20(28)27-18-10-8-9-15-16-11-14(23(29)26(6-2)7-3)13-25(4)19(16)12-17(21(15)18)22(27)24/h8-11,14,19H,5-7,12-13H2,1-4H3/t14-,19-/m1/s1. The van der Waals surface area contributed by atoms with Gasteiger partial charge in [0.1, 0.15) is 0 Å².